The van der Waals surface area contributed by atoms with Gasteiger partial charge in [-0.3, -0.25) is 4.79 Å². The van der Waals surface area contributed by atoms with E-state index in [2.05, 4.69) is 32.9 Å². The Kier molecular flexibility index (Phi) is 7.69. The van der Waals surface area contributed by atoms with Crippen LogP contribution in [0.4, 0.5) is 0 Å². The molecule has 0 aliphatic heterocycles. The highest BCUT2D eigenvalue weighted by molar-refractivity contribution is 6.33. The van der Waals surface area contributed by atoms with Crippen LogP contribution in [0.5, 0.6) is 0 Å². The van der Waals surface area contributed by atoms with Crippen molar-refractivity contribution in [3.8, 4) is 0 Å². The van der Waals surface area contributed by atoms with Crippen molar-refractivity contribution < 1.29 is 14.7 Å². The molecular weight excluding hydrogens is 264 g/mol. The lowest BCUT2D eigenvalue weighted by atomic mass is 9.72. The fourth-order valence-corrected chi connectivity index (χ4v) is 3.18. The summed E-state index contributed by atoms with van der Waals surface area (Å²) in [7, 11) is 0. The van der Waals surface area contributed by atoms with E-state index < -0.39 is 11.8 Å². The van der Waals surface area contributed by atoms with Crippen molar-refractivity contribution in [2.75, 3.05) is 0 Å². The molecule has 1 fully saturated rings. The van der Waals surface area contributed by atoms with Gasteiger partial charge in [-0.1, -0.05) is 52.2 Å². The Morgan fingerprint density at radius 2 is 1.95 bits per heavy atom. The van der Waals surface area contributed by atoms with Crippen LogP contribution >= 0.6 is 0 Å². The molecule has 1 N–H and O–H groups in total. The number of allylic oxidation sites excluding steroid dienone is 2. The highest BCUT2D eigenvalue weighted by Gasteiger charge is 2.35. The lowest BCUT2D eigenvalue weighted by Gasteiger charge is -2.31. The number of unbranched alkanes of at least 4 members (excludes halogenated alkanes) is 2. The third-order valence-corrected chi connectivity index (χ3v) is 4.50. The number of carbonyl (C=O) groups excluding carboxylic acids is 1. The summed E-state index contributed by atoms with van der Waals surface area (Å²) < 4.78 is 0. The maximum Gasteiger partial charge on any atom is 0.372 e. The average molecular weight is 294 g/mol. The first-order valence-electron chi connectivity index (χ1n) is 8.35. The van der Waals surface area contributed by atoms with E-state index in [1.165, 1.54) is 19.3 Å². The Bertz CT molecular complexity index is 371. The summed E-state index contributed by atoms with van der Waals surface area (Å²) in [6, 6.07) is 0. The molecule has 3 heteroatoms. The van der Waals surface area contributed by atoms with Crippen LogP contribution < -0.4 is 0 Å². The van der Waals surface area contributed by atoms with Crippen LogP contribution in [0.15, 0.2) is 12.2 Å². The van der Waals surface area contributed by atoms with Crippen molar-refractivity contribution in [3.63, 3.8) is 0 Å². The van der Waals surface area contributed by atoms with Gasteiger partial charge in [0.1, 0.15) is 0 Å². The maximum absolute atomic E-state index is 11.8. The van der Waals surface area contributed by atoms with Gasteiger partial charge in [-0.05, 0) is 43.4 Å². The van der Waals surface area contributed by atoms with Crippen LogP contribution in [-0.2, 0) is 9.59 Å². The number of aliphatic carboxylic acids is 1. The molecule has 3 atom stereocenters. The van der Waals surface area contributed by atoms with Crippen molar-refractivity contribution in [3.05, 3.63) is 12.2 Å². The Labute approximate surface area is 128 Å². The predicted octanol–water partition coefficient (Wildman–Crippen LogP) is 4.47. The smallest absolute Gasteiger partial charge is 0.372 e. The highest BCUT2D eigenvalue weighted by Crippen LogP contribution is 2.35. The Hall–Kier alpha value is -1.12. The topological polar surface area (TPSA) is 54.4 Å². The van der Waals surface area contributed by atoms with E-state index in [1.807, 2.05) is 0 Å². The first kappa shape index (κ1) is 17.9. The largest absolute Gasteiger partial charge is 0.475 e. The van der Waals surface area contributed by atoms with Gasteiger partial charge < -0.3 is 5.11 Å². The Balaban J connectivity index is 2.46. The van der Waals surface area contributed by atoms with Crippen LogP contribution in [0.25, 0.3) is 0 Å². The zero-order valence-corrected chi connectivity index (χ0v) is 13.7. The van der Waals surface area contributed by atoms with Crippen molar-refractivity contribution in [1.82, 2.24) is 0 Å². The number of carbonyl (C=O) groups is 2. The van der Waals surface area contributed by atoms with Crippen molar-refractivity contribution >= 4 is 11.8 Å². The Morgan fingerprint density at radius 3 is 2.57 bits per heavy atom. The molecule has 120 valence electrons. The number of ketones is 1. The number of hydrogen-bond acceptors (Lipinski definition) is 2. The minimum Gasteiger partial charge on any atom is -0.475 e. The van der Waals surface area contributed by atoms with Gasteiger partial charge in [0, 0.05) is 5.92 Å². The minimum absolute atomic E-state index is 0.120. The maximum atomic E-state index is 11.8. The van der Waals surface area contributed by atoms with Gasteiger partial charge in [0.25, 0.3) is 0 Å². The fourth-order valence-electron chi connectivity index (χ4n) is 3.18. The fraction of sp³-hybridized carbons (Fsp3) is 0.778. The third-order valence-electron chi connectivity index (χ3n) is 4.50. The van der Waals surface area contributed by atoms with Gasteiger partial charge in [0.15, 0.2) is 0 Å². The molecule has 0 amide bonds. The van der Waals surface area contributed by atoms with Crippen LogP contribution in [0.2, 0.25) is 0 Å². The van der Waals surface area contributed by atoms with Gasteiger partial charge in [-0.25, -0.2) is 4.79 Å². The molecule has 1 saturated carbocycles. The first-order chi connectivity index (χ1) is 9.91. The quantitative estimate of drug-likeness (QED) is 0.408. The lowest BCUT2D eigenvalue weighted by Crippen LogP contribution is -2.33. The van der Waals surface area contributed by atoms with Crippen LogP contribution in [0.1, 0.15) is 65.7 Å². The summed E-state index contributed by atoms with van der Waals surface area (Å²) in [5.74, 6) is -0.867. The average Bonchev–Trinajstić information content (AvgIpc) is 2.42. The molecule has 1 rings (SSSR count). The first-order valence-corrected chi connectivity index (χ1v) is 8.35. The second kappa shape index (κ2) is 9.01. The van der Waals surface area contributed by atoms with Crippen LogP contribution in [0, 0.1) is 23.7 Å². The molecular formula is C18H30O3. The third kappa shape index (κ3) is 6.45. The number of rotatable bonds is 8. The molecule has 0 aromatic carbocycles. The monoisotopic (exact) mass is 294 g/mol. The van der Waals surface area contributed by atoms with E-state index in [4.69, 9.17) is 5.11 Å². The molecule has 3 nitrogen and oxygen atoms in total. The number of carboxylic acids is 1. The van der Waals surface area contributed by atoms with E-state index in [0.717, 1.165) is 25.2 Å². The number of carboxylic acid groups (broad SMARTS) is 1. The standard InChI is InChI=1S/C18H30O3/c1-13(2)8-6-4-5-7-9-15-11-10-14(3)12-16(15)17(19)18(20)21/h7,9,13-16H,4-6,8,10-12H2,1-3H3,(H,20,21). The highest BCUT2D eigenvalue weighted by atomic mass is 16.4. The van der Waals surface area contributed by atoms with Crippen molar-refractivity contribution in [2.24, 2.45) is 23.7 Å². The van der Waals surface area contributed by atoms with E-state index in [-0.39, 0.29) is 11.8 Å². The molecule has 1 aliphatic rings. The Morgan fingerprint density at radius 1 is 1.24 bits per heavy atom. The molecule has 0 radical (unpaired) electrons. The summed E-state index contributed by atoms with van der Waals surface area (Å²) in [5.41, 5.74) is 0. The normalized spacial score (nSPS) is 26.4. The molecule has 0 heterocycles. The van der Waals surface area contributed by atoms with Gasteiger partial charge in [-0.15, -0.1) is 0 Å². The molecule has 3 unspecified atom stereocenters. The van der Waals surface area contributed by atoms with Gasteiger partial charge >= 0.3 is 5.97 Å². The summed E-state index contributed by atoms with van der Waals surface area (Å²) in [6.07, 6.45) is 11.7. The van der Waals surface area contributed by atoms with Gasteiger partial charge in [0.05, 0.1) is 0 Å². The van der Waals surface area contributed by atoms with E-state index >= 15 is 0 Å². The summed E-state index contributed by atoms with van der Waals surface area (Å²) in [4.78, 5) is 22.8. The second-order valence-electron chi connectivity index (χ2n) is 6.96. The molecule has 0 aromatic rings. The summed E-state index contributed by atoms with van der Waals surface area (Å²) in [6.45, 7) is 6.58. The lowest BCUT2D eigenvalue weighted by molar-refractivity contribution is -0.152. The van der Waals surface area contributed by atoms with E-state index in [1.54, 1.807) is 0 Å². The molecule has 0 spiro atoms. The van der Waals surface area contributed by atoms with Crippen LogP contribution in [-0.4, -0.2) is 16.9 Å². The molecule has 0 aromatic heterocycles. The number of Topliss-reactive ketones (excluding diaryl/α,β-unsaturated/α-hetero) is 1. The molecule has 0 bridgehead atoms. The second-order valence-corrected chi connectivity index (χ2v) is 6.96. The predicted molar refractivity (Wildman–Crippen MR) is 85.1 cm³/mol. The van der Waals surface area contributed by atoms with Crippen LogP contribution in [0.3, 0.4) is 0 Å². The van der Waals surface area contributed by atoms with Gasteiger partial charge in [0.2, 0.25) is 5.78 Å². The summed E-state index contributed by atoms with van der Waals surface area (Å²) in [5, 5.41) is 8.96. The molecule has 21 heavy (non-hydrogen) atoms. The zero-order chi connectivity index (χ0) is 15.8. The van der Waals surface area contributed by atoms with Crippen molar-refractivity contribution in [1.29, 1.82) is 0 Å². The van der Waals surface area contributed by atoms with Crippen molar-refractivity contribution in [2.45, 2.75) is 65.7 Å². The van der Waals surface area contributed by atoms with Gasteiger partial charge in [-0.2, -0.15) is 0 Å². The number of hydrogen-bond donors (Lipinski definition) is 1. The molecule has 0 saturated heterocycles. The van der Waals surface area contributed by atoms with E-state index in [0.29, 0.717) is 12.3 Å². The van der Waals surface area contributed by atoms with E-state index in [9.17, 15) is 9.59 Å². The summed E-state index contributed by atoms with van der Waals surface area (Å²) >= 11 is 0. The zero-order valence-electron chi connectivity index (χ0n) is 13.7. The SMILES string of the molecule is CC(C)CCCCC=CC1CCC(C)CC1C(=O)C(=O)O. The molecule has 1 aliphatic carbocycles. The minimum atomic E-state index is -1.27.